The van der Waals surface area contributed by atoms with Crippen molar-refractivity contribution in [3.63, 3.8) is 0 Å². The number of Topliss-reactive ketones (excluding diaryl/α,β-unsaturated/α-hetero) is 1. The molecular formula is C20H31NO. The highest BCUT2D eigenvalue weighted by molar-refractivity contribution is 5.85. The minimum atomic E-state index is 0.291. The Labute approximate surface area is 135 Å². The molecule has 0 radical (unpaired) electrons. The molecule has 1 saturated heterocycles. The molecule has 0 amide bonds. The van der Waals surface area contributed by atoms with E-state index in [1.54, 1.807) is 0 Å². The fourth-order valence-corrected chi connectivity index (χ4v) is 3.39. The monoisotopic (exact) mass is 301 g/mol. The van der Waals surface area contributed by atoms with Gasteiger partial charge in [0, 0.05) is 19.0 Å². The van der Waals surface area contributed by atoms with Crippen molar-refractivity contribution < 1.29 is 4.79 Å². The third kappa shape index (κ3) is 5.92. The van der Waals surface area contributed by atoms with Crippen LogP contribution >= 0.6 is 0 Å². The van der Waals surface area contributed by atoms with Crippen molar-refractivity contribution in [2.45, 2.75) is 64.8 Å². The number of unbranched alkanes of at least 4 members (excludes halogenated alkanes) is 6. The van der Waals surface area contributed by atoms with Crippen LogP contribution in [0.4, 0.5) is 0 Å². The van der Waals surface area contributed by atoms with E-state index in [1.807, 2.05) is 6.07 Å². The summed E-state index contributed by atoms with van der Waals surface area (Å²) < 4.78 is 0. The lowest BCUT2D eigenvalue weighted by atomic mass is 9.98. The van der Waals surface area contributed by atoms with Crippen molar-refractivity contribution in [3.05, 3.63) is 35.9 Å². The lowest BCUT2D eigenvalue weighted by Crippen LogP contribution is -2.20. The van der Waals surface area contributed by atoms with Gasteiger partial charge in [0.15, 0.2) is 5.78 Å². The maximum atomic E-state index is 12.1. The minimum absolute atomic E-state index is 0.291. The summed E-state index contributed by atoms with van der Waals surface area (Å²) in [7, 11) is 0. The maximum Gasteiger partial charge on any atom is 0.151 e. The Kier molecular flexibility index (Phi) is 7.65. The molecule has 0 N–H and O–H groups in total. The molecule has 122 valence electrons. The van der Waals surface area contributed by atoms with Gasteiger partial charge in [0.1, 0.15) is 0 Å². The van der Waals surface area contributed by atoms with Crippen LogP contribution in [0.15, 0.2) is 30.3 Å². The van der Waals surface area contributed by atoms with Crippen molar-refractivity contribution in [1.29, 1.82) is 0 Å². The van der Waals surface area contributed by atoms with E-state index in [1.165, 1.54) is 50.5 Å². The van der Waals surface area contributed by atoms with Crippen LogP contribution in [0.3, 0.4) is 0 Å². The number of nitrogens with zero attached hydrogens (tertiary/aromatic N) is 1. The third-order valence-electron chi connectivity index (χ3n) is 4.72. The Hall–Kier alpha value is -1.15. The first-order valence-corrected chi connectivity index (χ1v) is 9.08. The molecule has 0 aliphatic carbocycles. The van der Waals surface area contributed by atoms with E-state index in [0.29, 0.717) is 18.2 Å². The molecule has 22 heavy (non-hydrogen) atoms. The molecule has 0 aromatic heterocycles. The normalized spacial score (nSPS) is 19.0. The van der Waals surface area contributed by atoms with Gasteiger partial charge >= 0.3 is 0 Å². The first kappa shape index (κ1) is 17.2. The third-order valence-corrected chi connectivity index (χ3v) is 4.72. The number of rotatable bonds is 10. The fourth-order valence-electron chi connectivity index (χ4n) is 3.39. The zero-order chi connectivity index (χ0) is 15.6. The number of benzene rings is 1. The Bertz CT molecular complexity index is 429. The average molecular weight is 301 g/mol. The number of hydrogen-bond donors (Lipinski definition) is 0. The fraction of sp³-hybridized carbons (Fsp3) is 0.650. The second-order valence-corrected chi connectivity index (χ2v) is 6.73. The average Bonchev–Trinajstić information content (AvgIpc) is 2.87. The van der Waals surface area contributed by atoms with Gasteiger partial charge < -0.3 is 0 Å². The Balaban J connectivity index is 1.61. The van der Waals surface area contributed by atoms with Crippen molar-refractivity contribution in [2.24, 2.45) is 5.92 Å². The van der Waals surface area contributed by atoms with E-state index in [9.17, 15) is 4.79 Å². The van der Waals surface area contributed by atoms with Crippen LogP contribution in [-0.4, -0.2) is 23.8 Å². The molecule has 1 heterocycles. The number of hydrogen-bond acceptors (Lipinski definition) is 2. The predicted octanol–water partition coefficient (Wildman–Crippen LogP) is 4.83. The summed E-state index contributed by atoms with van der Waals surface area (Å²) in [5.41, 5.74) is 1.31. The van der Waals surface area contributed by atoms with Gasteiger partial charge in [0.25, 0.3) is 0 Å². The van der Waals surface area contributed by atoms with Crippen LogP contribution in [0.25, 0.3) is 0 Å². The lowest BCUT2D eigenvalue weighted by molar-refractivity contribution is -0.120. The van der Waals surface area contributed by atoms with Gasteiger partial charge in [-0.1, -0.05) is 82.2 Å². The van der Waals surface area contributed by atoms with Crippen LogP contribution in [-0.2, 0) is 11.3 Å². The first-order valence-electron chi connectivity index (χ1n) is 9.08. The standard InChI is InChI=1S/C20H31NO/c1-2-3-4-5-6-7-11-14-19-16-21(17-20(19)22)15-18-12-9-8-10-13-18/h8-10,12-13,19H,2-7,11,14-17H2,1H3. The molecule has 1 aromatic carbocycles. The van der Waals surface area contributed by atoms with E-state index in [-0.39, 0.29) is 0 Å². The highest BCUT2D eigenvalue weighted by atomic mass is 16.1. The largest absolute Gasteiger partial charge is 0.298 e. The number of carbonyl (C=O) groups is 1. The number of likely N-dealkylation sites (tertiary alicyclic amines) is 1. The molecule has 1 atom stereocenters. The second kappa shape index (κ2) is 9.78. The molecule has 2 heteroatoms. The van der Waals surface area contributed by atoms with Crippen molar-refractivity contribution in [1.82, 2.24) is 4.90 Å². The van der Waals surface area contributed by atoms with Crippen LogP contribution in [0.5, 0.6) is 0 Å². The van der Waals surface area contributed by atoms with E-state index < -0.39 is 0 Å². The van der Waals surface area contributed by atoms with E-state index in [4.69, 9.17) is 0 Å². The molecule has 1 fully saturated rings. The Morgan fingerprint density at radius 2 is 1.68 bits per heavy atom. The summed E-state index contributed by atoms with van der Waals surface area (Å²) in [6.45, 7) is 4.78. The summed E-state index contributed by atoms with van der Waals surface area (Å²) in [6.07, 6.45) is 10.4. The molecule has 1 unspecified atom stereocenters. The van der Waals surface area contributed by atoms with Gasteiger partial charge in [-0.2, -0.15) is 0 Å². The number of carbonyl (C=O) groups excluding carboxylic acids is 1. The molecule has 0 bridgehead atoms. The zero-order valence-electron chi connectivity index (χ0n) is 14.1. The summed E-state index contributed by atoms with van der Waals surface area (Å²) in [4.78, 5) is 14.4. The Morgan fingerprint density at radius 1 is 1.00 bits per heavy atom. The summed E-state index contributed by atoms with van der Waals surface area (Å²) in [5.74, 6) is 0.751. The quantitative estimate of drug-likeness (QED) is 0.577. The zero-order valence-corrected chi connectivity index (χ0v) is 14.1. The van der Waals surface area contributed by atoms with Crippen molar-refractivity contribution in [3.8, 4) is 0 Å². The van der Waals surface area contributed by atoms with Crippen molar-refractivity contribution >= 4 is 5.78 Å². The molecular weight excluding hydrogens is 270 g/mol. The molecule has 2 nitrogen and oxygen atoms in total. The topological polar surface area (TPSA) is 20.3 Å². The van der Waals surface area contributed by atoms with Crippen molar-refractivity contribution in [2.75, 3.05) is 13.1 Å². The van der Waals surface area contributed by atoms with Gasteiger partial charge in [0.2, 0.25) is 0 Å². The van der Waals surface area contributed by atoms with Gasteiger partial charge in [0.05, 0.1) is 6.54 Å². The van der Waals surface area contributed by atoms with E-state index in [2.05, 4.69) is 36.1 Å². The van der Waals surface area contributed by atoms with Crippen LogP contribution in [0, 0.1) is 5.92 Å². The van der Waals surface area contributed by atoms with Crippen LogP contribution in [0.1, 0.15) is 63.9 Å². The molecule has 1 aliphatic rings. The summed E-state index contributed by atoms with van der Waals surface area (Å²) >= 11 is 0. The van der Waals surface area contributed by atoms with Gasteiger partial charge in [-0.05, 0) is 12.0 Å². The van der Waals surface area contributed by atoms with Gasteiger partial charge in [-0.3, -0.25) is 9.69 Å². The van der Waals surface area contributed by atoms with E-state index in [0.717, 1.165) is 19.5 Å². The first-order chi connectivity index (χ1) is 10.8. The molecule has 0 spiro atoms. The molecule has 2 rings (SSSR count). The molecule has 0 saturated carbocycles. The van der Waals surface area contributed by atoms with Gasteiger partial charge in [-0.15, -0.1) is 0 Å². The highest BCUT2D eigenvalue weighted by Crippen LogP contribution is 2.21. The second-order valence-electron chi connectivity index (χ2n) is 6.73. The SMILES string of the molecule is CCCCCCCCCC1CN(Cc2ccccc2)CC1=O. The Morgan fingerprint density at radius 3 is 2.41 bits per heavy atom. The van der Waals surface area contributed by atoms with E-state index >= 15 is 0 Å². The lowest BCUT2D eigenvalue weighted by Gasteiger charge is -2.14. The molecule has 1 aromatic rings. The number of ketones is 1. The van der Waals surface area contributed by atoms with Gasteiger partial charge in [-0.25, -0.2) is 0 Å². The highest BCUT2D eigenvalue weighted by Gasteiger charge is 2.29. The maximum absolute atomic E-state index is 12.1. The summed E-state index contributed by atoms with van der Waals surface area (Å²) in [6, 6.07) is 10.5. The smallest absolute Gasteiger partial charge is 0.151 e. The van der Waals surface area contributed by atoms with Crippen LogP contribution in [0.2, 0.25) is 0 Å². The van der Waals surface area contributed by atoms with Crippen LogP contribution < -0.4 is 0 Å². The predicted molar refractivity (Wildman–Crippen MR) is 92.8 cm³/mol. The summed E-state index contributed by atoms with van der Waals surface area (Å²) in [5, 5.41) is 0. The molecule has 1 aliphatic heterocycles. The minimum Gasteiger partial charge on any atom is -0.298 e.